The number of nitrogens with one attached hydrogen (secondary N) is 1. The average Bonchev–Trinajstić information content (AvgIpc) is 3.01. The summed E-state index contributed by atoms with van der Waals surface area (Å²) >= 11 is 0. The third kappa shape index (κ3) is 3.87. The van der Waals surface area contributed by atoms with E-state index in [4.69, 9.17) is 9.47 Å². The summed E-state index contributed by atoms with van der Waals surface area (Å²) in [5.74, 6) is 0.653. The molecule has 0 atom stereocenters. The predicted octanol–water partition coefficient (Wildman–Crippen LogP) is 1.65. The van der Waals surface area contributed by atoms with E-state index in [1.807, 2.05) is 0 Å². The zero-order valence-corrected chi connectivity index (χ0v) is 12.3. The van der Waals surface area contributed by atoms with Crippen LogP contribution in [0.4, 0.5) is 5.69 Å². The van der Waals surface area contributed by atoms with E-state index in [9.17, 15) is 9.59 Å². The summed E-state index contributed by atoms with van der Waals surface area (Å²) in [5.41, 5.74) is 0.496. The number of hydrogen-bond acceptors (Lipinski definition) is 4. The summed E-state index contributed by atoms with van der Waals surface area (Å²) in [5, 5.41) is 2.70. The van der Waals surface area contributed by atoms with Gasteiger partial charge in [0, 0.05) is 19.2 Å². The monoisotopic (exact) mass is 292 g/mol. The number of anilines is 1. The summed E-state index contributed by atoms with van der Waals surface area (Å²) in [6, 6.07) is 5.11. The first kappa shape index (κ1) is 15.2. The molecule has 1 aliphatic rings. The van der Waals surface area contributed by atoms with Crippen molar-refractivity contribution < 1.29 is 19.1 Å². The second kappa shape index (κ2) is 6.97. The Morgan fingerprint density at radius 2 is 1.90 bits per heavy atom. The molecular weight excluding hydrogens is 272 g/mol. The fourth-order valence-corrected chi connectivity index (χ4v) is 2.32. The third-order valence-corrected chi connectivity index (χ3v) is 3.45. The third-order valence-electron chi connectivity index (χ3n) is 3.45. The Balaban J connectivity index is 1.99. The van der Waals surface area contributed by atoms with Crippen LogP contribution in [0.25, 0.3) is 0 Å². The highest BCUT2D eigenvalue weighted by atomic mass is 16.5. The van der Waals surface area contributed by atoms with E-state index in [0.29, 0.717) is 17.2 Å². The van der Waals surface area contributed by atoms with E-state index >= 15 is 0 Å². The summed E-state index contributed by atoms with van der Waals surface area (Å²) < 4.78 is 10.3. The van der Waals surface area contributed by atoms with Crippen LogP contribution < -0.4 is 14.8 Å². The molecule has 2 amide bonds. The molecule has 1 fully saturated rings. The minimum absolute atomic E-state index is 0.133. The number of amides is 2. The van der Waals surface area contributed by atoms with Crippen LogP contribution in [0.5, 0.6) is 11.5 Å². The maximum Gasteiger partial charge on any atom is 0.233 e. The van der Waals surface area contributed by atoms with Gasteiger partial charge in [0.15, 0.2) is 0 Å². The lowest BCUT2D eigenvalue weighted by atomic mass is 10.2. The fourth-order valence-electron chi connectivity index (χ4n) is 2.32. The highest BCUT2D eigenvalue weighted by molar-refractivity contribution is 6.04. The zero-order chi connectivity index (χ0) is 15.2. The molecule has 0 aliphatic carbocycles. The van der Waals surface area contributed by atoms with Gasteiger partial charge in [0.25, 0.3) is 0 Å². The number of hydrogen-bond donors (Lipinski definition) is 1. The molecule has 1 saturated heterocycles. The van der Waals surface area contributed by atoms with E-state index in [0.717, 1.165) is 25.9 Å². The van der Waals surface area contributed by atoms with E-state index in [-0.39, 0.29) is 18.2 Å². The van der Waals surface area contributed by atoms with Gasteiger partial charge in [-0.25, -0.2) is 0 Å². The quantitative estimate of drug-likeness (QED) is 0.838. The number of carbonyl (C=O) groups is 2. The molecule has 1 aliphatic heterocycles. The number of carbonyl (C=O) groups excluding carboxylic acids is 2. The summed E-state index contributed by atoms with van der Waals surface area (Å²) in [4.78, 5) is 25.6. The van der Waals surface area contributed by atoms with Crippen molar-refractivity contribution in [3.63, 3.8) is 0 Å². The van der Waals surface area contributed by atoms with Crippen LogP contribution in [-0.4, -0.2) is 44.0 Å². The predicted molar refractivity (Wildman–Crippen MR) is 78.6 cm³/mol. The molecule has 0 spiro atoms. The molecule has 6 nitrogen and oxygen atoms in total. The van der Waals surface area contributed by atoms with Crippen LogP contribution >= 0.6 is 0 Å². The van der Waals surface area contributed by atoms with Gasteiger partial charge in [-0.2, -0.15) is 0 Å². The molecule has 1 aromatic carbocycles. The van der Waals surface area contributed by atoms with Crippen molar-refractivity contribution in [1.82, 2.24) is 4.90 Å². The van der Waals surface area contributed by atoms with Crippen LogP contribution in [-0.2, 0) is 9.59 Å². The van der Waals surface area contributed by atoms with Gasteiger partial charge < -0.3 is 19.7 Å². The van der Waals surface area contributed by atoms with Gasteiger partial charge in [0.2, 0.25) is 11.8 Å². The number of rotatable bonds is 5. The van der Waals surface area contributed by atoms with Crippen molar-refractivity contribution in [2.45, 2.75) is 19.3 Å². The minimum atomic E-state index is -0.349. The first-order valence-electron chi connectivity index (χ1n) is 6.93. The van der Waals surface area contributed by atoms with Crippen molar-refractivity contribution in [3.8, 4) is 11.5 Å². The maximum absolute atomic E-state index is 12.0. The smallest absolute Gasteiger partial charge is 0.233 e. The number of nitrogens with zero attached hydrogens (tertiary/aromatic N) is 1. The van der Waals surface area contributed by atoms with Crippen molar-refractivity contribution in [2.75, 3.05) is 32.6 Å². The molecule has 6 heteroatoms. The topological polar surface area (TPSA) is 67.9 Å². The van der Waals surface area contributed by atoms with Gasteiger partial charge in [-0.3, -0.25) is 9.59 Å². The fraction of sp³-hybridized carbons (Fsp3) is 0.467. The molecule has 1 aromatic rings. The van der Waals surface area contributed by atoms with Gasteiger partial charge in [0.05, 0.1) is 19.9 Å². The average molecular weight is 292 g/mol. The van der Waals surface area contributed by atoms with E-state index < -0.39 is 0 Å². The van der Waals surface area contributed by atoms with Crippen molar-refractivity contribution in [3.05, 3.63) is 18.2 Å². The van der Waals surface area contributed by atoms with Crippen LogP contribution in [0, 0.1) is 0 Å². The molecule has 114 valence electrons. The summed E-state index contributed by atoms with van der Waals surface area (Å²) in [7, 11) is 3.07. The Hall–Kier alpha value is -2.24. The summed E-state index contributed by atoms with van der Waals surface area (Å²) in [6.45, 7) is 1.49. The molecule has 2 rings (SSSR count). The highest BCUT2D eigenvalue weighted by Crippen LogP contribution is 2.29. The highest BCUT2D eigenvalue weighted by Gasteiger charge is 2.21. The van der Waals surface area contributed by atoms with Gasteiger partial charge in [-0.15, -0.1) is 0 Å². The molecule has 0 aromatic heterocycles. The normalized spacial score (nSPS) is 13.9. The van der Waals surface area contributed by atoms with Crippen molar-refractivity contribution in [1.29, 1.82) is 0 Å². The SMILES string of the molecule is COc1ccc(OC)c(NC(=O)CC(=O)N2CCCC2)c1. The zero-order valence-electron chi connectivity index (χ0n) is 12.3. The Labute approximate surface area is 124 Å². The Morgan fingerprint density at radius 3 is 2.52 bits per heavy atom. The van der Waals surface area contributed by atoms with Crippen molar-refractivity contribution >= 4 is 17.5 Å². The molecular formula is C15H20N2O4. The summed E-state index contributed by atoms with van der Waals surface area (Å²) in [6.07, 6.45) is 1.87. The largest absolute Gasteiger partial charge is 0.497 e. The Morgan fingerprint density at radius 1 is 1.19 bits per heavy atom. The molecule has 0 unspecified atom stereocenters. The molecule has 1 N–H and O–H groups in total. The molecule has 0 radical (unpaired) electrons. The second-order valence-corrected chi connectivity index (χ2v) is 4.88. The molecule has 21 heavy (non-hydrogen) atoms. The van der Waals surface area contributed by atoms with Gasteiger partial charge in [0.1, 0.15) is 17.9 Å². The first-order valence-corrected chi connectivity index (χ1v) is 6.93. The lowest BCUT2D eigenvalue weighted by Gasteiger charge is -2.15. The lowest BCUT2D eigenvalue weighted by Crippen LogP contribution is -2.31. The lowest BCUT2D eigenvalue weighted by molar-refractivity contribution is -0.133. The maximum atomic E-state index is 12.0. The Kier molecular flexibility index (Phi) is 5.03. The van der Waals surface area contributed by atoms with Crippen molar-refractivity contribution in [2.24, 2.45) is 0 Å². The van der Waals surface area contributed by atoms with Crippen LogP contribution in [0.15, 0.2) is 18.2 Å². The number of ether oxygens (including phenoxy) is 2. The molecule has 1 heterocycles. The standard InChI is InChI=1S/C15H20N2O4/c1-20-11-5-6-13(21-2)12(9-11)16-14(18)10-15(19)17-7-3-4-8-17/h5-6,9H,3-4,7-8,10H2,1-2H3,(H,16,18). The number of likely N-dealkylation sites (tertiary alicyclic amines) is 1. The number of methoxy groups -OCH3 is 2. The minimum Gasteiger partial charge on any atom is -0.497 e. The van der Waals surface area contributed by atoms with Crippen LogP contribution in [0.1, 0.15) is 19.3 Å². The Bertz CT molecular complexity index is 524. The van der Waals surface area contributed by atoms with Crippen LogP contribution in [0.2, 0.25) is 0 Å². The second-order valence-electron chi connectivity index (χ2n) is 4.88. The van der Waals surface area contributed by atoms with Gasteiger partial charge >= 0.3 is 0 Å². The molecule has 0 saturated carbocycles. The van der Waals surface area contributed by atoms with E-state index in [2.05, 4.69) is 5.32 Å². The van der Waals surface area contributed by atoms with Gasteiger partial charge in [-0.1, -0.05) is 0 Å². The van der Waals surface area contributed by atoms with E-state index in [1.165, 1.54) is 7.11 Å². The molecule has 0 bridgehead atoms. The van der Waals surface area contributed by atoms with Crippen LogP contribution in [0.3, 0.4) is 0 Å². The first-order chi connectivity index (χ1) is 10.1. The van der Waals surface area contributed by atoms with E-state index in [1.54, 1.807) is 30.2 Å². The number of benzene rings is 1. The van der Waals surface area contributed by atoms with Gasteiger partial charge in [-0.05, 0) is 25.0 Å².